The molecule has 2 heterocycles. The molecule has 5 heteroatoms. The summed E-state index contributed by atoms with van der Waals surface area (Å²) in [5, 5.41) is 10.5. The van der Waals surface area contributed by atoms with Crippen molar-refractivity contribution < 1.29 is 4.92 Å². The standard InChI is InChI=1S/C10H11N3O2/c14-13(15)9-3-4-10(11-6-5-9)12-7-1-2-8-12/h3-4,6H,1-2,7-8H2. The number of rotatable bonds is 1. The maximum absolute atomic E-state index is 10.5. The Morgan fingerprint density at radius 3 is 2.80 bits per heavy atom. The summed E-state index contributed by atoms with van der Waals surface area (Å²) < 4.78 is 0. The topological polar surface area (TPSA) is 58.7 Å². The summed E-state index contributed by atoms with van der Waals surface area (Å²) in [5.74, 6) is 0.789. The fraction of sp³-hybridized carbons (Fsp3) is 0.400. The van der Waals surface area contributed by atoms with Gasteiger partial charge in [-0.2, -0.15) is 0 Å². The molecule has 0 N–H and O–H groups in total. The quantitative estimate of drug-likeness (QED) is 0.368. The van der Waals surface area contributed by atoms with Crippen LogP contribution in [0.5, 0.6) is 0 Å². The predicted octanol–water partition coefficient (Wildman–Crippen LogP) is 1.32. The van der Waals surface area contributed by atoms with Crippen molar-refractivity contribution in [1.82, 2.24) is 4.90 Å². The molecule has 0 saturated carbocycles. The number of nitro groups is 1. The largest absolute Gasteiger partial charge is 0.357 e. The lowest BCUT2D eigenvalue weighted by Crippen LogP contribution is -2.25. The van der Waals surface area contributed by atoms with Crippen LogP contribution in [0, 0.1) is 10.1 Å². The second-order valence-electron chi connectivity index (χ2n) is 3.43. The van der Waals surface area contributed by atoms with Crippen molar-refractivity contribution in [1.29, 1.82) is 0 Å². The highest BCUT2D eigenvalue weighted by Crippen LogP contribution is 2.11. The predicted molar refractivity (Wildman–Crippen MR) is 56.0 cm³/mol. The van der Waals surface area contributed by atoms with Gasteiger partial charge in [-0.05, 0) is 24.6 Å². The molecule has 2 aliphatic heterocycles. The van der Waals surface area contributed by atoms with Crippen LogP contribution >= 0.6 is 0 Å². The molecule has 0 bridgehead atoms. The fourth-order valence-corrected chi connectivity index (χ4v) is 1.66. The highest BCUT2D eigenvalue weighted by atomic mass is 16.6. The highest BCUT2D eigenvalue weighted by Gasteiger charge is 2.15. The summed E-state index contributed by atoms with van der Waals surface area (Å²) in [6.45, 7) is 1.95. The number of likely N-dealkylation sites (tertiary alicyclic amines) is 1. The van der Waals surface area contributed by atoms with Crippen LogP contribution in [0.1, 0.15) is 12.8 Å². The van der Waals surface area contributed by atoms with Crippen LogP contribution in [-0.2, 0) is 0 Å². The van der Waals surface area contributed by atoms with E-state index in [1.807, 2.05) is 0 Å². The minimum atomic E-state index is -0.463. The van der Waals surface area contributed by atoms with E-state index >= 15 is 0 Å². The van der Waals surface area contributed by atoms with E-state index in [2.05, 4.69) is 15.6 Å². The molecule has 0 aromatic carbocycles. The van der Waals surface area contributed by atoms with Crippen molar-refractivity contribution >= 4 is 5.84 Å². The molecule has 0 aromatic heterocycles. The van der Waals surface area contributed by atoms with Crippen molar-refractivity contribution in [3.8, 4) is 0 Å². The maximum atomic E-state index is 10.5. The second-order valence-corrected chi connectivity index (χ2v) is 3.43. The van der Waals surface area contributed by atoms with Gasteiger partial charge in [0.05, 0.1) is 11.1 Å². The second kappa shape index (κ2) is 4.11. The SMILES string of the molecule is O=[N+]([O-])C1=C=CN=C(N2CCCC2)C=C1. The Hall–Kier alpha value is -1.87. The molecule has 2 aliphatic rings. The zero-order chi connectivity index (χ0) is 10.7. The Kier molecular flexibility index (Phi) is 2.65. The van der Waals surface area contributed by atoms with Crippen LogP contribution < -0.4 is 0 Å². The van der Waals surface area contributed by atoms with Crippen LogP contribution in [0.25, 0.3) is 0 Å². The van der Waals surface area contributed by atoms with Gasteiger partial charge in [-0.3, -0.25) is 10.1 Å². The molecule has 78 valence electrons. The molecular formula is C10H11N3O2. The van der Waals surface area contributed by atoms with Gasteiger partial charge >= 0.3 is 5.70 Å². The number of hydrogen-bond donors (Lipinski definition) is 0. The lowest BCUT2D eigenvalue weighted by atomic mass is 10.4. The molecule has 15 heavy (non-hydrogen) atoms. The Balaban J connectivity index is 2.15. The van der Waals surface area contributed by atoms with Gasteiger partial charge in [0.2, 0.25) is 0 Å². The third-order valence-corrected chi connectivity index (χ3v) is 2.43. The van der Waals surface area contributed by atoms with E-state index in [1.165, 1.54) is 12.3 Å². The Morgan fingerprint density at radius 2 is 2.13 bits per heavy atom. The van der Waals surface area contributed by atoms with Crippen molar-refractivity contribution in [2.45, 2.75) is 12.8 Å². The summed E-state index contributed by atoms with van der Waals surface area (Å²) in [6.07, 6.45) is 6.81. The van der Waals surface area contributed by atoms with Gasteiger partial charge < -0.3 is 4.90 Å². The van der Waals surface area contributed by atoms with Crippen molar-refractivity contribution in [3.05, 3.63) is 39.9 Å². The first kappa shape index (κ1) is 9.68. The third kappa shape index (κ3) is 2.14. The van der Waals surface area contributed by atoms with Crippen LogP contribution in [0.4, 0.5) is 0 Å². The first-order chi connectivity index (χ1) is 7.27. The molecule has 0 amide bonds. The van der Waals surface area contributed by atoms with E-state index in [9.17, 15) is 10.1 Å². The fourth-order valence-electron chi connectivity index (χ4n) is 1.66. The first-order valence-electron chi connectivity index (χ1n) is 4.88. The van der Waals surface area contributed by atoms with E-state index in [-0.39, 0.29) is 5.70 Å². The zero-order valence-corrected chi connectivity index (χ0v) is 8.22. The van der Waals surface area contributed by atoms with Crippen LogP contribution in [0.3, 0.4) is 0 Å². The van der Waals surface area contributed by atoms with E-state index in [0.29, 0.717) is 0 Å². The maximum Gasteiger partial charge on any atom is 0.313 e. The van der Waals surface area contributed by atoms with Crippen molar-refractivity contribution in [2.75, 3.05) is 13.1 Å². The molecule has 2 rings (SSSR count). The van der Waals surface area contributed by atoms with E-state index in [4.69, 9.17) is 0 Å². The van der Waals surface area contributed by atoms with E-state index in [1.54, 1.807) is 6.08 Å². The molecule has 0 aliphatic carbocycles. The summed E-state index contributed by atoms with van der Waals surface area (Å²) in [7, 11) is 0. The molecule has 0 aromatic rings. The number of aliphatic imine (C=N–C) groups is 1. The normalized spacial score (nSPS) is 19.9. The molecule has 1 saturated heterocycles. The summed E-state index contributed by atoms with van der Waals surface area (Å²) >= 11 is 0. The van der Waals surface area contributed by atoms with Gasteiger partial charge in [-0.1, -0.05) is 0 Å². The summed E-state index contributed by atoms with van der Waals surface area (Å²) in [5.41, 5.74) is 2.48. The van der Waals surface area contributed by atoms with E-state index in [0.717, 1.165) is 31.8 Å². The van der Waals surface area contributed by atoms with E-state index < -0.39 is 4.92 Å². The molecule has 0 atom stereocenters. The number of nitrogens with zero attached hydrogens (tertiary/aromatic N) is 3. The molecule has 0 radical (unpaired) electrons. The van der Waals surface area contributed by atoms with Crippen LogP contribution in [0.15, 0.2) is 34.8 Å². The smallest absolute Gasteiger partial charge is 0.313 e. The Morgan fingerprint density at radius 1 is 1.40 bits per heavy atom. The van der Waals surface area contributed by atoms with Gasteiger partial charge in [0, 0.05) is 19.2 Å². The Bertz CT molecular complexity index is 397. The number of amidine groups is 1. The summed E-state index contributed by atoms with van der Waals surface area (Å²) in [4.78, 5) is 16.3. The zero-order valence-electron chi connectivity index (χ0n) is 8.22. The molecule has 1 fully saturated rings. The summed E-state index contributed by atoms with van der Waals surface area (Å²) in [6, 6.07) is 0. The third-order valence-electron chi connectivity index (χ3n) is 2.43. The lowest BCUT2D eigenvalue weighted by Gasteiger charge is -2.15. The minimum absolute atomic E-state index is 0.0482. The molecule has 0 unspecified atom stereocenters. The molecule has 5 nitrogen and oxygen atoms in total. The highest BCUT2D eigenvalue weighted by molar-refractivity contribution is 5.94. The van der Waals surface area contributed by atoms with Crippen molar-refractivity contribution in [2.24, 2.45) is 4.99 Å². The molecular weight excluding hydrogens is 194 g/mol. The van der Waals surface area contributed by atoms with Gasteiger partial charge in [-0.15, -0.1) is 0 Å². The van der Waals surface area contributed by atoms with Crippen LogP contribution in [0.2, 0.25) is 0 Å². The van der Waals surface area contributed by atoms with Crippen molar-refractivity contribution in [3.63, 3.8) is 0 Å². The average molecular weight is 205 g/mol. The average Bonchev–Trinajstić information content (AvgIpc) is 2.62. The van der Waals surface area contributed by atoms with Crippen LogP contribution in [-0.4, -0.2) is 28.7 Å². The molecule has 0 spiro atoms. The van der Waals surface area contributed by atoms with Gasteiger partial charge in [0.15, 0.2) is 0 Å². The van der Waals surface area contributed by atoms with Gasteiger partial charge in [0.1, 0.15) is 5.84 Å². The Labute approximate surface area is 87.3 Å². The lowest BCUT2D eigenvalue weighted by molar-refractivity contribution is -0.418. The van der Waals surface area contributed by atoms with Gasteiger partial charge in [-0.25, -0.2) is 4.99 Å². The monoisotopic (exact) mass is 205 g/mol. The minimum Gasteiger partial charge on any atom is -0.357 e. The van der Waals surface area contributed by atoms with Gasteiger partial charge in [0.25, 0.3) is 0 Å². The number of hydrogen-bond acceptors (Lipinski definition) is 4. The number of allylic oxidation sites excluding steroid dienone is 1. The first-order valence-corrected chi connectivity index (χ1v) is 4.88.